The third kappa shape index (κ3) is 7.20. The Morgan fingerprint density at radius 2 is 1.81 bits per heavy atom. The number of oxazole rings is 1. The molecule has 6 rings (SSSR count). The standard InChI is InChI=1S/C30H37N13O4/c31-6-14-46-13-5-23(44)41-9-11-42(12-10-41)30-35-16-20(17-36-30)28(45)34-7-1-2-8-43-27-24(26(32)37-18-38-27)25(40-43)19-3-4-22-21(15-19)39-29(33)47-22/h3-4,15-18H,1-2,5-14,31H2,(H2,33,39)(H,34,45)(H2,32,37,38). The van der Waals surface area contributed by atoms with Gasteiger partial charge in [0.15, 0.2) is 11.2 Å². The second-order valence-electron chi connectivity index (χ2n) is 11.0. The maximum Gasteiger partial charge on any atom is 0.292 e. The highest BCUT2D eigenvalue weighted by Crippen LogP contribution is 2.32. The van der Waals surface area contributed by atoms with Gasteiger partial charge in [0.2, 0.25) is 11.9 Å². The van der Waals surface area contributed by atoms with Gasteiger partial charge in [-0.1, -0.05) is 0 Å². The number of piperazine rings is 1. The van der Waals surface area contributed by atoms with Gasteiger partial charge in [-0.05, 0) is 31.0 Å². The predicted molar refractivity (Wildman–Crippen MR) is 174 cm³/mol. The number of nitrogens with two attached hydrogens (primary N) is 3. The lowest BCUT2D eigenvalue weighted by Crippen LogP contribution is -2.49. The minimum Gasteiger partial charge on any atom is -0.424 e. The Kier molecular flexibility index (Phi) is 9.63. The molecule has 47 heavy (non-hydrogen) atoms. The first-order valence-corrected chi connectivity index (χ1v) is 15.5. The van der Waals surface area contributed by atoms with Gasteiger partial charge in [0.25, 0.3) is 11.9 Å². The summed E-state index contributed by atoms with van der Waals surface area (Å²) in [5.74, 6) is 0.665. The summed E-state index contributed by atoms with van der Waals surface area (Å²) in [7, 11) is 0. The molecule has 5 heterocycles. The fourth-order valence-electron chi connectivity index (χ4n) is 5.43. The number of anilines is 3. The van der Waals surface area contributed by atoms with Crippen LogP contribution in [-0.4, -0.2) is 104 Å². The Morgan fingerprint density at radius 3 is 2.60 bits per heavy atom. The molecule has 246 valence electrons. The Bertz CT molecular complexity index is 1850. The molecule has 0 saturated carbocycles. The van der Waals surface area contributed by atoms with Gasteiger partial charge >= 0.3 is 0 Å². The van der Waals surface area contributed by atoms with E-state index in [1.165, 1.54) is 18.7 Å². The molecule has 1 aromatic carbocycles. The summed E-state index contributed by atoms with van der Waals surface area (Å²) < 4.78 is 12.5. The van der Waals surface area contributed by atoms with Gasteiger partial charge < -0.3 is 41.5 Å². The van der Waals surface area contributed by atoms with Crippen LogP contribution >= 0.6 is 0 Å². The van der Waals surface area contributed by atoms with Crippen LogP contribution in [0.3, 0.4) is 0 Å². The molecule has 0 unspecified atom stereocenters. The Hall–Kier alpha value is -5.42. The number of aryl methyl sites for hydroxylation is 1. The van der Waals surface area contributed by atoms with Crippen molar-refractivity contribution in [3.8, 4) is 11.3 Å². The number of benzene rings is 1. The van der Waals surface area contributed by atoms with E-state index in [1.807, 2.05) is 21.9 Å². The van der Waals surface area contributed by atoms with E-state index in [0.29, 0.717) is 117 Å². The lowest BCUT2D eigenvalue weighted by atomic mass is 10.1. The summed E-state index contributed by atoms with van der Waals surface area (Å²) in [6, 6.07) is 5.58. The summed E-state index contributed by atoms with van der Waals surface area (Å²) in [5, 5.41) is 8.38. The number of nitrogens with one attached hydrogen (secondary N) is 1. The van der Waals surface area contributed by atoms with Gasteiger partial charge in [-0.15, -0.1) is 0 Å². The normalized spacial score (nSPS) is 13.5. The maximum atomic E-state index is 12.7. The number of nitrogen functional groups attached to an aromatic ring is 2. The van der Waals surface area contributed by atoms with Crippen molar-refractivity contribution < 1.29 is 18.7 Å². The fourth-order valence-corrected chi connectivity index (χ4v) is 5.43. The van der Waals surface area contributed by atoms with Crippen LogP contribution in [-0.2, 0) is 16.1 Å². The number of fused-ring (bicyclic) bond motifs is 2. The topological polar surface area (TPSA) is 235 Å². The van der Waals surface area contributed by atoms with Crippen LogP contribution in [0.2, 0.25) is 0 Å². The number of unbranched alkanes of at least 4 members (excludes halogenated alkanes) is 1. The molecule has 1 saturated heterocycles. The summed E-state index contributed by atoms with van der Waals surface area (Å²) in [4.78, 5) is 50.5. The number of rotatable bonds is 13. The summed E-state index contributed by atoms with van der Waals surface area (Å²) in [5.41, 5.74) is 21.0. The molecular formula is C30H37N13O4. The van der Waals surface area contributed by atoms with E-state index in [2.05, 4.69) is 30.2 Å². The second-order valence-corrected chi connectivity index (χ2v) is 11.0. The van der Waals surface area contributed by atoms with Gasteiger partial charge in [-0.3, -0.25) is 9.59 Å². The average molecular weight is 644 g/mol. The molecule has 4 aromatic heterocycles. The maximum absolute atomic E-state index is 12.7. The van der Waals surface area contributed by atoms with E-state index in [9.17, 15) is 9.59 Å². The number of ether oxygens (including phenoxy) is 1. The molecule has 0 atom stereocenters. The zero-order valence-electron chi connectivity index (χ0n) is 25.8. The highest BCUT2D eigenvalue weighted by Gasteiger charge is 2.23. The lowest BCUT2D eigenvalue weighted by Gasteiger charge is -2.34. The Labute approximate surface area is 269 Å². The summed E-state index contributed by atoms with van der Waals surface area (Å²) >= 11 is 0. The summed E-state index contributed by atoms with van der Waals surface area (Å²) in [6.07, 6.45) is 6.23. The zero-order valence-corrected chi connectivity index (χ0v) is 25.8. The molecule has 5 aromatic rings. The number of nitrogens with zero attached hydrogens (tertiary/aromatic N) is 9. The van der Waals surface area contributed by atoms with Crippen molar-refractivity contribution in [3.63, 3.8) is 0 Å². The van der Waals surface area contributed by atoms with Crippen LogP contribution in [0.25, 0.3) is 33.4 Å². The molecule has 1 aliphatic heterocycles. The van der Waals surface area contributed by atoms with Crippen LogP contribution < -0.4 is 27.4 Å². The zero-order chi connectivity index (χ0) is 32.8. The van der Waals surface area contributed by atoms with Gasteiger partial charge in [0.05, 0.1) is 30.6 Å². The highest BCUT2D eigenvalue weighted by molar-refractivity contribution is 5.99. The van der Waals surface area contributed by atoms with Crippen molar-refractivity contribution in [1.82, 2.24) is 44.9 Å². The van der Waals surface area contributed by atoms with E-state index in [4.69, 9.17) is 31.5 Å². The largest absolute Gasteiger partial charge is 0.424 e. The van der Waals surface area contributed by atoms with Crippen LogP contribution in [0, 0.1) is 0 Å². The first kappa shape index (κ1) is 31.6. The molecule has 0 spiro atoms. The van der Waals surface area contributed by atoms with Crippen molar-refractivity contribution >= 4 is 51.7 Å². The molecule has 17 heteroatoms. The van der Waals surface area contributed by atoms with Crippen LogP contribution in [0.15, 0.2) is 41.3 Å². The lowest BCUT2D eigenvalue weighted by molar-refractivity contribution is -0.132. The number of carbonyl (C=O) groups is 2. The molecule has 1 aliphatic rings. The third-order valence-corrected chi connectivity index (χ3v) is 7.86. The van der Waals surface area contributed by atoms with E-state index in [1.54, 1.807) is 10.7 Å². The van der Waals surface area contributed by atoms with Crippen molar-refractivity contribution in [2.75, 3.05) is 68.8 Å². The fraction of sp³-hybridized carbons (Fsp3) is 0.400. The smallest absolute Gasteiger partial charge is 0.292 e. The number of hydrogen-bond donors (Lipinski definition) is 4. The van der Waals surface area contributed by atoms with E-state index >= 15 is 0 Å². The number of aromatic nitrogens is 7. The molecule has 0 aliphatic carbocycles. The van der Waals surface area contributed by atoms with E-state index < -0.39 is 0 Å². The number of carbonyl (C=O) groups excluding carboxylic acids is 2. The minimum atomic E-state index is -0.250. The average Bonchev–Trinajstić information content (AvgIpc) is 3.66. The summed E-state index contributed by atoms with van der Waals surface area (Å²) in [6.45, 7) is 4.65. The van der Waals surface area contributed by atoms with Crippen LogP contribution in [0.5, 0.6) is 0 Å². The number of hydrogen-bond acceptors (Lipinski definition) is 14. The minimum absolute atomic E-state index is 0.0589. The number of amides is 2. The van der Waals surface area contributed by atoms with Crippen molar-refractivity contribution in [2.24, 2.45) is 5.73 Å². The third-order valence-electron chi connectivity index (χ3n) is 7.86. The van der Waals surface area contributed by atoms with E-state index in [-0.39, 0.29) is 17.8 Å². The van der Waals surface area contributed by atoms with Gasteiger partial charge in [-0.25, -0.2) is 24.6 Å². The first-order chi connectivity index (χ1) is 22.9. The first-order valence-electron chi connectivity index (χ1n) is 15.5. The Morgan fingerprint density at radius 1 is 1.00 bits per heavy atom. The highest BCUT2D eigenvalue weighted by atomic mass is 16.5. The SMILES string of the molecule is NCCOCCC(=O)N1CCN(c2ncc(C(=O)NCCCCn3nc(-c4ccc5oc(N)nc5c4)c4c(N)ncnc43)cn2)CC1. The van der Waals surface area contributed by atoms with Crippen molar-refractivity contribution in [1.29, 1.82) is 0 Å². The molecule has 7 N–H and O–H groups in total. The van der Waals surface area contributed by atoms with Gasteiger partial charge in [-0.2, -0.15) is 10.1 Å². The molecular weight excluding hydrogens is 606 g/mol. The van der Waals surface area contributed by atoms with Gasteiger partial charge in [0, 0.05) is 63.8 Å². The molecule has 1 fully saturated rings. The van der Waals surface area contributed by atoms with Crippen LogP contribution in [0.1, 0.15) is 29.6 Å². The monoisotopic (exact) mass is 643 g/mol. The van der Waals surface area contributed by atoms with Gasteiger partial charge in [0.1, 0.15) is 23.4 Å². The molecule has 0 radical (unpaired) electrons. The van der Waals surface area contributed by atoms with Crippen molar-refractivity contribution in [2.45, 2.75) is 25.8 Å². The second kappa shape index (κ2) is 14.3. The molecule has 0 bridgehead atoms. The van der Waals surface area contributed by atoms with E-state index in [0.717, 1.165) is 12.0 Å². The molecule has 2 amide bonds. The van der Waals surface area contributed by atoms with Crippen molar-refractivity contribution in [3.05, 3.63) is 42.5 Å². The Balaban J connectivity index is 0.979. The quantitative estimate of drug-likeness (QED) is 0.130. The van der Waals surface area contributed by atoms with Crippen LogP contribution in [0.4, 0.5) is 17.8 Å². The molecule has 17 nitrogen and oxygen atoms in total. The predicted octanol–water partition coefficient (Wildman–Crippen LogP) is 0.813.